The summed E-state index contributed by atoms with van der Waals surface area (Å²) in [5.74, 6) is -0.0684. The minimum absolute atomic E-state index is 0.0684. The highest BCUT2D eigenvalue weighted by molar-refractivity contribution is 6.31. The van der Waals surface area contributed by atoms with Crippen LogP contribution in [0.15, 0.2) is 42.7 Å². The van der Waals surface area contributed by atoms with Gasteiger partial charge in [-0.25, -0.2) is 0 Å². The van der Waals surface area contributed by atoms with E-state index >= 15 is 0 Å². The second-order valence-corrected chi connectivity index (χ2v) is 9.01. The number of hydrogen-bond acceptors (Lipinski definition) is 5. The van der Waals surface area contributed by atoms with E-state index in [0.717, 1.165) is 66.4 Å². The Morgan fingerprint density at radius 3 is 2.82 bits per heavy atom. The second kappa shape index (κ2) is 9.17. The minimum atomic E-state index is -0.0684. The van der Waals surface area contributed by atoms with Gasteiger partial charge in [0.05, 0.1) is 11.8 Å². The van der Waals surface area contributed by atoms with E-state index in [4.69, 9.17) is 16.3 Å². The van der Waals surface area contributed by atoms with Crippen LogP contribution in [0.5, 0.6) is 0 Å². The van der Waals surface area contributed by atoms with Crippen LogP contribution in [0.4, 0.5) is 11.4 Å². The average Bonchev–Trinajstić information content (AvgIpc) is 3.41. The number of rotatable bonds is 6. The van der Waals surface area contributed by atoms with Crippen molar-refractivity contribution in [2.24, 2.45) is 0 Å². The van der Waals surface area contributed by atoms with Gasteiger partial charge in [-0.2, -0.15) is 0 Å². The predicted molar refractivity (Wildman–Crippen MR) is 130 cm³/mol. The van der Waals surface area contributed by atoms with Crippen LogP contribution in [-0.4, -0.2) is 53.2 Å². The Bertz CT molecular complexity index is 1180. The summed E-state index contributed by atoms with van der Waals surface area (Å²) in [7, 11) is 1.77. The van der Waals surface area contributed by atoms with Gasteiger partial charge in [-0.3, -0.25) is 14.7 Å². The van der Waals surface area contributed by atoms with Crippen LogP contribution in [0.3, 0.4) is 0 Å². The molecule has 172 valence electrons. The van der Waals surface area contributed by atoms with Crippen molar-refractivity contribution in [3.8, 4) is 11.1 Å². The smallest absolute Gasteiger partial charge is 0.270 e. The van der Waals surface area contributed by atoms with Gasteiger partial charge in [-0.05, 0) is 48.7 Å². The van der Waals surface area contributed by atoms with Gasteiger partial charge in [0.15, 0.2) is 0 Å². The van der Waals surface area contributed by atoms with E-state index < -0.39 is 0 Å². The van der Waals surface area contributed by atoms with Crippen molar-refractivity contribution in [3.63, 3.8) is 0 Å². The number of carbonyl (C=O) groups excluding carboxylic acids is 1. The van der Waals surface area contributed by atoms with Crippen LogP contribution in [0.1, 0.15) is 28.2 Å². The fourth-order valence-corrected chi connectivity index (χ4v) is 5.03. The van der Waals surface area contributed by atoms with E-state index in [1.165, 1.54) is 0 Å². The molecule has 2 aliphatic rings. The molecule has 33 heavy (non-hydrogen) atoms. The zero-order valence-corrected chi connectivity index (χ0v) is 19.7. The third-order valence-electron chi connectivity index (χ3n) is 6.64. The second-order valence-electron chi connectivity index (χ2n) is 8.61. The topological polar surface area (TPSA) is 71.4 Å². The Morgan fingerprint density at radius 1 is 1.24 bits per heavy atom. The lowest BCUT2D eigenvalue weighted by Crippen LogP contribution is -2.36. The highest BCUT2D eigenvalue weighted by atomic mass is 35.5. The molecule has 1 atom stereocenters. The van der Waals surface area contributed by atoms with E-state index in [2.05, 4.69) is 25.1 Å². The number of nitrogens with zero attached hydrogens (tertiary/aromatic N) is 3. The molecule has 2 N–H and O–H groups in total. The summed E-state index contributed by atoms with van der Waals surface area (Å²) in [6.45, 7) is 5.92. The Labute approximate surface area is 198 Å². The molecule has 0 aliphatic carbocycles. The Hall–Kier alpha value is -2.87. The van der Waals surface area contributed by atoms with Gasteiger partial charge in [0.25, 0.3) is 5.91 Å². The third-order valence-corrected chi connectivity index (χ3v) is 7.05. The number of aromatic nitrogens is 2. The standard InChI is InChI=1S/C25H28ClN5O2/c1-16-19(26)4-3-5-20(16)29-23-22(17-6-9-27-10-7-17)21(15-30-12-8-18(14-30)33-2)31-13-11-28-25(32)24(23)31/h3-7,9-10,18,29H,8,11-15H2,1-2H3,(H,28,32)/t18-/m1/s1. The first-order valence-corrected chi connectivity index (χ1v) is 11.7. The molecule has 1 aromatic carbocycles. The Morgan fingerprint density at radius 2 is 2.06 bits per heavy atom. The van der Waals surface area contributed by atoms with Gasteiger partial charge in [-0.1, -0.05) is 17.7 Å². The largest absolute Gasteiger partial charge is 0.380 e. The van der Waals surface area contributed by atoms with Crippen molar-refractivity contribution in [2.45, 2.75) is 32.5 Å². The SMILES string of the molecule is CO[C@@H]1CCN(Cc2c(-c3ccncc3)c(Nc3cccc(Cl)c3C)c3n2CCNC3=O)C1. The van der Waals surface area contributed by atoms with E-state index in [1.54, 1.807) is 19.5 Å². The fourth-order valence-electron chi connectivity index (χ4n) is 4.85. The summed E-state index contributed by atoms with van der Waals surface area (Å²) in [4.78, 5) is 19.8. The number of hydrogen-bond donors (Lipinski definition) is 2. The number of nitrogens with one attached hydrogen (secondary N) is 2. The molecular formula is C25H28ClN5O2. The first-order valence-electron chi connectivity index (χ1n) is 11.3. The van der Waals surface area contributed by atoms with E-state index in [-0.39, 0.29) is 12.0 Å². The van der Waals surface area contributed by atoms with Crippen LogP contribution in [-0.2, 0) is 17.8 Å². The molecule has 3 aromatic rings. The highest BCUT2D eigenvalue weighted by Crippen LogP contribution is 2.41. The molecule has 5 rings (SSSR count). The van der Waals surface area contributed by atoms with Crippen molar-refractivity contribution in [1.82, 2.24) is 19.8 Å². The Balaban J connectivity index is 1.67. The van der Waals surface area contributed by atoms with Crippen LogP contribution in [0.2, 0.25) is 5.02 Å². The quantitative estimate of drug-likeness (QED) is 0.570. The van der Waals surface area contributed by atoms with Gasteiger partial charge in [-0.15, -0.1) is 0 Å². The van der Waals surface area contributed by atoms with E-state index in [9.17, 15) is 4.79 Å². The van der Waals surface area contributed by atoms with Gasteiger partial charge in [0.1, 0.15) is 5.69 Å². The molecule has 8 heteroatoms. The van der Waals surface area contributed by atoms with Crippen LogP contribution in [0.25, 0.3) is 11.1 Å². The number of carbonyl (C=O) groups is 1. The monoisotopic (exact) mass is 465 g/mol. The zero-order chi connectivity index (χ0) is 22.9. The van der Waals surface area contributed by atoms with E-state index in [1.807, 2.05) is 37.3 Å². The number of amides is 1. The average molecular weight is 466 g/mol. The van der Waals surface area contributed by atoms with Crippen molar-refractivity contribution in [1.29, 1.82) is 0 Å². The molecule has 4 heterocycles. The molecule has 0 spiro atoms. The first-order chi connectivity index (χ1) is 16.1. The number of methoxy groups -OCH3 is 1. The Kier molecular flexibility index (Phi) is 6.10. The third kappa shape index (κ3) is 4.12. The lowest BCUT2D eigenvalue weighted by molar-refractivity contribution is 0.0926. The highest BCUT2D eigenvalue weighted by Gasteiger charge is 2.32. The number of fused-ring (bicyclic) bond motifs is 1. The molecule has 0 bridgehead atoms. The lowest BCUT2D eigenvalue weighted by atomic mass is 10.0. The number of likely N-dealkylation sites (tertiary alicyclic amines) is 1. The summed E-state index contributed by atoms with van der Waals surface area (Å²) in [5, 5.41) is 7.28. The maximum absolute atomic E-state index is 13.1. The summed E-state index contributed by atoms with van der Waals surface area (Å²) in [6, 6.07) is 9.79. The predicted octanol–water partition coefficient (Wildman–Crippen LogP) is 4.22. The molecule has 2 aliphatic heterocycles. The number of anilines is 2. The summed E-state index contributed by atoms with van der Waals surface area (Å²) in [5.41, 5.74) is 6.48. The molecule has 1 amide bonds. The van der Waals surface area contributed by atoms with Crippen LogP contribution in [0, 0.1) is 6.92 Å². The van der Waals surface area contributed by atoms with Crippen molar-refractivity contribution in [2.75, 3.05) is 32.1 Å². The number of benzene rings is 1. The summed E-state index contributed by atoms with van der Waals surface area (Å²) < 4.78 is 7.76. The van der Waals surface area contributed by atoms with Gasteiger partial charge >= 0.3 is 0 Å². The molecule has 1 saturated heterocycles. The minimum Gasteiger partial charge on any atom is -0.380 e. The molecule has 2 aromatic heterocycles. The van der Waals surface area contributed by atoms with E-state index in [0.29, 0.717) is 17.3 Å². The molecule has 1 fully saturated rings. The number of halogens is 1. The summed E-state index contributed by atoms with van der Waals surface area (Å²) in [6.07, 6.45) is 4.85. The molecule has 0 radical (unpaired) electrons. The van der Waals surface area contributed by atoms with Crippen molar-refractivity contribution >= 4 is 28.9 Å². The van der Waals surface area contributed by atoms with Crippen LogP contribution < -0.4 is 10.6 Å². The van der Waals surface area contributed by atoms with Gasteiger partial charge in [0.2, 0.25) is 0 Å². The maximum Gasteiger partial charge on any atom is 0.270 e. The zero-order valence-electron chi connectivity index (χ0n) is 18.9. The van der Waals surface area contributed by atoms with Crippen molar-refractivity contribution in [3.05, 3.63) is 64.7 Å². The molecular weight excluding hydrogens is 438 g/mol. The normalized spacial score (nSPS) is 18.3. The van der Waals surface area contributed by atoms with Gasteiger partial charge in [0, 0.05) is 74.2 Å². The summed E-state index contributed by atoms with van der Waals surface area (Å²) >= 11 is 6.40. The molecule has 0 unspecified atom stereocenters. The number of ether oxygens (including phenoxy) is 1. The molecule has 7 nitrogen and oxygen atoms in total. The molecule has 0 saturated carbocycles. The van der Waals surface area contributed by atoms with Crippen molar-refractivity contribution < 1.29 is 9.53 Å². The van der Waals surface area contributed by atoms with Gasteiger partial charge < -0.3 is 19.9 Å². The lowest BCUT2D eigenvalue weighted by Gasteiger charge is -2.22. The fraction of sp³-hybridized carbons (Fsp3) is 0.360. The number of pyridine rings is 1. The maximum atomic E-state index is 13.1. The van der Waals surface area contributed by atoms with Crippen LogP contribution >= 0.6 is 11.6 Å². The first kappa shape index (κ1) is 21.9.